The highest BCUT2D eigenvalue weighted by Crippen LogP contribution is 2.29. The molecule has 1 fully saturated rings. The molecule has 0 spiro atoms. The molecule has 0 bridgehead atoms. The fraction of sp³-hybridized carbons (Fsp3) is 0.571. The summed E-state index contributed by atoms with van der Waals surface area (Å²) < 4.78 is 0. The van der Waals surface area contributed by atoms with Crippen molar-refractivity contribution < 1.29 is 9.90 Å². The Morgan fingerprint density at radius 3 is 2.37 bits per heavy atom. The number of carbonyl (C=O) groups excluding carboxylic acids is 1. The number of aliphatic hydroxyl groups excluding tert-OH is 1. The maximum Gasteiger partial charge on any atom is 0.243 e. The Hall–Kier alpha value is -2.37. The van der Waals surface area contributed by atoms with E-state index in [0.29, 0.717) is 11.4 Å². The lowest BCUT2D eigenvalue weighted by atomic mass is 9.82. The van der Waals surface area contributed by atoms with Gasteiger partial charge in [-0.25, -0.2) is 0 Å². The van der Waals surface area contributed by atoms with Crippen LogP contribution in [0.5, 0.6) is 0 Å². The number of amides is 1. The average molecular weight is 373 g/mol. The van der Waals surface area contributed by atoms with Crippen LogP contribution < -0.4 is 10.6 Å². The van der Waals surface area contributed by atoms with Crippen LogP contribution in [0.15, 0.2) is 37.5 Å². The summed E-state index contributed by atoms with van der Waals surface area (Å²) in [5.74, 6) is 0.0211. The topological polar surface area (TPSA) is 87.1 Å². The maximum atomic E-state index is 13.2. The van der Waals surface area contributed by atoms with Gasteiger partial charge in [0.05, 0.1) is 17.9 Å². The molecule has 1 aromatic rings. The predicted molar refractivity (Wildman–Crippen MR) is 108 cm³/mol. The highest BCUT2D eigenvalue weighted by molar-refractivity contribution is 5.84. The van der Waals surface area contributed by atoms with Crippen molar-refractivity contribution in [1.29, 1.82) is 0 Å². The molecule has 1 saturated carbocycles. The summed E-state index contributed by atoms with van der Waals surface area (Å²) >= 11 is 0. The van der Waals surface area contributed by atoms with E-state index in [1.165, 1.54) is 6.42 Å². The zero-order valence-corrected chi connectivity index (χ0v) is 16.7. The molecule has 1 aromatic heterocycles. The minimum Gasteiger partial charge on any atom is -0.511 e. The maximum absolute atomic E-state index is 13.2. The summed E-state index contributed by atoms with van der Waals surface area (Å²) in [5.41, 5.74) is 0.842. The lowest BCUT2D eigenvalue weighted by molar-refractivity contribution is -0.125. The van der Waals surface area contributed by atoms with E-state index in [0.717, 1.165) is 25.7 Å². The number of aromatic nitrogens is 2. The van der Waals surface area contributed by atoms with Crippen molar-refractivity contribution in [2.24, 2.45) is 11.3 Å². The number of nitrogens with one attached hydrogen (secondary N) is 2. The van der Waals surface area contributed by atoms with Crippen LogP contribution in [0.25, 0.3) is 5.70 Å². The summed E-state index contributed by atoms with van der Waals surface area (Å²) in [6, 6.07) is -0.966. The van der Waals surface area contributed by atoms with Gasteiger partial charge in [-0.15, -0.1) is 0 Å². The first-order valence-corrected chi connectivity index (χ1v) is 9.60. The SMILES string of the molecule is C=C(N[C@H](C(=O)N[C@H](C(=C)O)C(C)(C)C)C1CCCCC1)c1cnccn1. The first-order chi connectivity index (χ1) is 12.7. The van der Waals surface area contributed by atoms with E-state index in [-0.39, 0.29) is 23.0 Å². The van der Waals surface area contributed by atoms with Crippen LogP contribution in [0.2, 0.25) is 0 Å². The van der Waals surface area contributed by atoms with Crippen LogP contribution in [0, 0.1) is 11.3 Å². The van der Waals surface area contributed by atoms with Gasteiger partial charge in [0, 0.05) is 12.4 Å². The van der Waals surface area contributed by atoms with Crippen LogP contribution in [-0.4, -0.2) is 33.1 Å². The molecule has 0 saturated heterocycles. The molecule has 2 rings (SSSR count). The molecule has 6 nitrogen and oxygen atoms in total. The van der Waals surface area contributed by atoms with Gasteiger partial charge in [0.2, 0.25) is 5.91 Å². The molecule has 0 radical (unpaired) electrons. The van der Waals surface area contributed by atoms with E-state index >= 15 is 0 Å². The molecular formula is C21H32N4O2. The van der Waals surface area contributed by atoms with Crippen molar-refractivity contribution in [2.75, 3.05) is 0 Å². The van der Waals surface area contributed by atoms with Crippen LogP contribution in [0.1, 0.15) is 58.6 Å². The monoisotopic (exact) mass is 372 g/mol. The third-order valence-electron chi connectivity index (χ3n) is 5.09. The highest BCUT2D eigenvalue weighted by Gasteiger charge is 2.35. The van der Waals surface area contributed by atoms with Crippen LogP contribution in [0.3, 0.4) is 0 Å². The Morgan fingerprint density at radius 2 is 1.85 bits per heavy atom. The number of nitrogens with zero attached hydrogens (tertiary/aromatic N) is 2. The highest BCUT2D eigenvalue weighted by atomic mass is 16.3. The number of aliphatic hydroxyl groups is 1. The van der Waals surface area contributed by atoms with Crippen LogP contribution in [-0.2, 0) is 4.79 Å². The second-order valence-electron chi connectivity index (χ2n) is 8.39. The molecule has 1 aliphatic carbocycles. The summed E-state index contributed by atoms with van der Waals surface area (Å²) in [7, 11) is 0. The van der Waals surface area contributed by atoms with Gasteiger partial charge in [0.15, 0.2) is 0 Å². The van der Waals surface area contributed by atoms with Gasteiger partial charge in [-0.1, -0.05) is 53.2 Å². The van der Waals surface area contributed by atoms with E-state index in [1.807, 2.05) is 20.8 Å². The van der Waals surface area contributed by atoms with Gasteiger partial charge in [0.1, 0.15) is 17.5 Å². The van der Waals surface area contributed by atoms with Crippen molar-refractivity contribution >= 4 is 11.6 Å². The van der Waals surface area contributed by atoms with E-state index in [9.17, 15) is 9.90 Å². The van der Waals surface area contributed by atoms with Gasteiger partial charge in [-0.3, -0.25) is 14.8 Å². The molecule has 2 atom stereocenters. The Labute approximate surface area is 162 Å². The lowest BCUT2D eigenvalue weighted by Crippen LogP contribution is -2.54. The molecule has 0 aliphatic heterocycles. The molecule has 27 heavy (non-hydrogen) atoms. The lowest BCUT2D eigenvalue weighted by Gasteiger charge is -2.35. The minimum atomic E-state index is -0.525. The van der Waals surface area contributed by atoms with Gasteiger partial charge in [-0.05, 0) is 24.2 Å². The van der Waals surface area contributed by atoms with Gasteiger partial charge in [-0.2, -0.15) is 0 Å². The molecule has 0 aromatic carbocycles. The average Bonchev–Trinajstić information content (AvgIpc) is 2.64. The molecule has 1 heterocycles. The van der Waals surface area contributed by atoms with Crippen molar-refractivity contribution in [3.8, 4) is 0 Å². The third-order valence-corrected chi connectivity index (χ3v) is 5.09. The van der Waals surface area contributed by atoms with Crippen LogP contribution >= 0.6 is 0 Å². The van der Waals surface area contributed by atoms with Crippen molar-refractivity contribution in [3.05, 3.63) is 43.2 Å². The van der Waals surface area contributed by atoms with Crippen molar-refractivity contribution in [3.63, 3.8) is 0 Å². The Bertz CT molecular complexity index is 661. The van der Waals surface area contributed by atoms with Crippen LogP contribution in [0.4, 0.5) is 0 Å². The number of hydrogen-bond donors (Lipinski definition) is 3. The first-order valence-electron chi connectivity index (χ1n) is 9.60. The zero-order chi connectivity index (χ0) is 20.0. The van der Waals surface area contributed by atoms with E-state index in [1.54, 1.807) is 18.6 Å². The summed E-state index contributed by atoms with van der Waals surface area (Å²) in [5, 5.41) is 16.2. The van der Waals surface area contributed by atoms with Crippen molar-refractivity contribution in [2.45, 2.75) is 65.0 Å². The molecule has 148 valence electrons. The van der Waals surface area contributed by atoms with Gasteiger partial charge in [0.25, 0.3) is 0 Å². The first kappa shape index (κ1) is 20.9. The fourth-order valence-electron chi connectivity index (χ4n) is 3.61. The Morgan fingerprint density at radius 1 is 1.19 bits per heavy atom. The second-order valence-corrected chi connectivity index (χ2v) is 8.39. The van der Waals surface area contributed by atoms with E-state index in [4.69, 9.17) is 0 Å². The number of rotatable bonds is 7. The quantitative estimate of drug-likeness (QED) is 0.637. The standard InChI is InChI=1S/C21H32N4O2/c1-14(17-13-22-11-12-23-17)24-18(16-9-7-6-8-10-16)20(27)25-19(15(2)26)21(3,4)5/h11-13,16,18-19,24,26H,1-2,6-10H2,3-5H3,(H,25,27)/t18-,19+/m0/s1. The number of carbonyl (C=O) groups is 1. The predicted octanol–water partition coefficient (Wildman–Crippen LogP) is 3.59. The normalized spacial score (nSPS) is 17.6. The van der Waals surface area contributed by atoms with E-state index in [2.05, 4.69) is 33.8 Å². The summed E-state index contributed by atoms with van der Waals surface area (Å²) in [4.78, 5) is 21.5. The molecule has 6 heteroatoms. The molecule has 0 unspecified atom stereocenters. The smallest absolute Gasteiger partial charge is 0.243 e. The minimum absolute atomic E-state index is 0.0361. The molecule has 3 N–H and O–H groups in total. The third kappa shape index (κ3) is 5.81. The zero-order valence-electron chi connectivity index (χ0n) is 16.7. The molecular weight excluding hydrogens is 340 g/mol. The van der Waals surface area contributed by atoms with Crippen molar-refractivity contribution in [1.82, 2.24) is 20.6 Å². The summed E-state index contributed by atoms with van der Waals surface area (Å²) in [6.07, 6.45) is 10.2. The molecule has 1 aliphatic rings. The second kappa shape index (κ2) is 9.02. The Balaban J connectivity index is 2.19. The Kier molecular flexibility index (Phi) is 6.99. The van der Waals surface area contributed by atoms with Gasteiger partial charge < -0.3 is 15.7 Å². The molecule has 1 amide bonds. The largest absolute Gasteiger partial charge is 0.511 e. The van der Waals surface area contributed by atoms with E-state index < -0.39 is 12.1 Å². The fourth-order valence-corrected chi connectivity index (χ4v) is 3.61. The number of hydrogen-bond acceptors (Lipinski definition) is 5. The van der Waals surface area contributed by atoms with Gasteiger partial charge >= 0.3 is 0 Å². The summed E-state index contributed by atoms with van der Waals surface area (Å²) in [6.45, 7) is 13.6.